The Morgan fingerprint density at radius 1 is 1.19 bits per heavy atom. The number of nitrogens with zero attached hydrogens (tertiary/aromatic N) is 4. The van der Waals surface area contributed by atoms with Crippen molar-refractivity contribution in [3.05, 3.63) is 41.2 Å². The number of pyridine rings is 1. The Hall–Kier alpha value is -1.75. The van der Waals surface area contributed by atoms with Gasteiger partial charge in [-0.3, -0.25) is 4.98 Å². The van der Waals surface area contributed by atoms with Crippen LogP contribution in [0.5, 0.6) is 0 Å². The van der Waals surface area contributed by atoms with E-state index in [9.17, 15) is 0 Å². The van der Waals surface area contributed by atoms with Crippen LogP contribution in [0.3, 0.4) is 0 Å². The molecule has 0 aromatic carbocycles. The number of aryl methyl sites for hydroxylation is 2. The fourth-order valence-corrected chi connectivity index (χ4v) is 2.58. The van der Waals surface area contributed by atoms with Gasteiger partial charge >= 0.3 is 0 Å². The largest absolute Gasteiger partial charge is 0.313 e. The third-order valence-electron chi connectivity index (χ3n) is 3.48. The molecule has 0 radical (unpaired) electrons. The zero-order valence-electron chi connectivity index (χ0n) is 13.6. The molecule has 2 aromatic heterocycles. The first-order chi connectivity index (χ1) is 9.99. The van der Waals surface area contributed by atoms with Crippen LogP contribution in [0.1, 0.15) is 42.7 Å². The minimum absolute atomic E-state index is 0.223. The number of nitrogens with one attached hydrogen (secondary N) is 1. The Morgan fingerprint density at radius 2 is 1.86 bits per heavy atom. The first kappa shape index (κ1) is 15.6. The number of hydrogen-bond acceptors (Lipinski definition) is 4. The second-order valence-corrected chi connectivity index (χ2v) is 5.98. The van der Waals surface area contributed by atoms with Gasteiger partial charge in [-0.25, -0.2) is 9.67 Å². The highest BCUT2D eigenvalue weighted by Crippen LogP contribution is 2.19. The monoisotopic (exact) mass is 287 g/mol. The molecule has 114 valence electrons. The van der Waals surface area contributed by atoms with E-state index < -0.39 is 0 Å². The summed E-state index contributed by atoms with van der Waals surface area (Å²) in [6.45, 7) is 9.35. The predicted molar refractivity (Wildman–Crippen MR) is 84.1 cm³/mol. The van der Waals surface area contributed by atoms with Gasteiger partial charge in [0.1, 0.15) is 12.2 Å². The van der Waals surface area contributed by atoms with Crippen LogP contribution >= 0.6 is 0 Å². The third kappa shape index (κ3) is 4.11. The first-order valence-corrected chi connectivity index (χ1v) is 7.48. The number of hydrogen-bond donors (Lipinski definition) is 1. The maximum atomic E-state index is 4.44. The van der Waals surface area contributed by atoms with Crippen molar-refractivity contribution >= 4 is 0 Å². The van der Waals surface area contributed by atoms with Gasteiger partial charge in [-0.1, -0.05) is 13.8 Å². The molecule has 0 aliphatic heterocycles. The van der Waals surface area contributed by atoms with Gasteiger partial charge in [0.2, 0.25) is 0 Å². The van der Waals surface area contributed by atoms with E-state index in [0.717, 1.165) is 30.2 Å². The van der Waals surface area contributed by atoms with Crippen molar-refractivity contribution in [1.82, 2.24) is 25.1 Å². The van der Waals surface area contributed by atoms with E-state index in [-0.39, 0.29) is 6.04 Å². The lowest BCUT2D eigenvalue weighted by Gasteiger charge is -2.18. The summed E-state index contributed by atoms with van der Waals surface area (Å²) in [6.07, 6.45) is 2.47. The van der Waals surface area contributed by atoms with Crippen LogP contribution in [0.25, 0.3) is 0 Å². The molecule has 1 atom stereocenters. The highest BCUT2D eigenvalue weighted by atomic mass is 15.3. The fraction of sp³-hybridized carbons (Fsp3) is 0.562. The van der Waals surface area contributed by atoms with Crippen LogP contribution in [0.15, 0.2) is 18.5 Å². The summed E-state index contributed by atoms with van der Waals surface area (Å²) in [4.78, 5) is 8.87. The van der Waals surface area contributed by atoms with Crippen molar-refractivity contribution in [2.45, 2.75) is 46.7 Å². The quantitative estimate of drug-likeness (QED) is 0.886. The Morgan fingerprint density at radius 3 is 2.43 bits per heavy atom. The van der Waals surface area contributed by atoms with Crippen molar-refractivity contribution in [3.8, 4) is 0 Å². The van der Waals surface area contributed by atoms with E-state index in [1.165, 1.54) is 5.56 Å². The van der Waals surface area contributed by atoms with Crippen molar-refractivity contribution in [3.63, 3.8) is 0 Å². The summed E-state index contributed by atoms with van der Waals surface area (Å²) in [6, 6.07) is 4.50. The fourth-order valence-electron chi connectivity index (χ4n) is 2.58. The summed E-state index contributed by atoms with van der Waals surface area (Å²) >= 11 is 0. The molecule has 0 saturated heterocycles. The molecule has 2 heterocycles. The van der Waals surface area contributed by atoms with Crippen LogP contribution in [0, 0.1) is 19.8 Å². The third-order valence-corrected chi connectivity index (χ3v) is 3.48. The SMILES string of the molecule is CNC(Cc1ncnn1CC(C)C)c1cc(C)nc(C)c1. The van der Waals surface area contributed by atoms with E-state index in [4.69, 9.17) is 0 Å². The second kappa shape index (κ2) is 6.80. The number of rotatable bonds is 6. The molecule has 0 aliphatic carbocycles. The number of aromatic nitrogens is 4. The van der Waals surface area contributed by atoms with Gasteiger partial charge in [-0.05, 0) is 44.5 Å². The summed E-state index contributed by atoms with van der Waals surface area (Å²) in [5.41, 5.74) is 3.35. The van der Waals surface area contributed by atoms with Crippen molar-refractivity contribution in [2.24, 2.45) is 5.92 Å². The Kier molecular flexibility index (Phi) is 5.07. The molecule has 1 unspecified atom stereocenters. The minimum atomic E-state index is 0.223. The average molecular weight is 287 g/mol. The zero-order valence-corrected chi connectivity index (χ0v) is 13.6. The number of likely N-dealkylation sites (N-methyl/N-ethyl adjacent to an activating group) is 1. The molecule has 5 nitrogen and oxygen atoms in total. The summed E-state index contributed by atoms with van der Waals surface area (Å²) in [5, 5.41) is 7.72. The maximum Gasteiger partial charge on any atom is 0.138 e. The molecular formula is C16H25N5. The lowest BCUT2D eigenvalue weighted by molar-refractivity contribution is 0.451. The maximum absolute atomic E-state index is 4.44. The molecule has 1 N–H and O–H groups in total. The van der Waals surface area contributed by atoms with Crippen molar-refractivity contribution in [1.29, 1.82) is 0 Å². The molecule has 2 rings (SSSR count). The van der Waals surface area contributed by atoms with Crippen LogP contribution in [-0.2, 0) is 13.0 Å². The van der Waals surface area contributed by atoms with Gasteiger partial charge in [0.25, 0.3) is 0 Å². The average Bonchev–Trinajstić information content (AvgIpc) is 2.81. The minimum Gasteiger partial charge on any atom is -0.313 e. The van der Waals surface area contributed by atoms with E-state index in [1.54, 1.807) is 6.33 Å². The Balaban J connectivity index is 2.21. The smallest absolute Gasteiger partial charge is 0.138 e. The first-order valence-electron chi connectivity index (χ1n) is 7.48. The molecule has 0 amide bonds. The molecule has 0 spiro atoms. The van der Waals surface area contributed by atoms with Gasteiger partial charge in [-0.2, -0.15) is 5.10 Å². The second-order valence-electron chi connectivity index (χ2n) is 5.98. The molecule has 5 heteroatoms. The summed E-state index contributed by atoms with van der Waals surface area (Å²) < 4.78 is 2.01. The van der Waals surface area contributed by atoms with Crippen molar-refractivity contribution in [2.75, 3.05) is 7.05 Å². The highest BCUT2D eigenvalue weighted by Gasteiger charge is 2.15. The van der Waals surface area contributed by atoms with Crippen LogP contribution in [0.2, 0.25) is 0 Å². The molecule has 0 aliphatic rings. The van der Waals surface area contributed by atoms with Gasteiger partial charge in [0.05, 0.1) is 0 Å². The van der Waals surface area contributed by atoms with Crippen LogP contribution in [-0.4, -0.2) is 26.8 Å². The standard InChI is InChI=1S/C16H25N5/c1-11(2)9-21-16(18-10-19-21)8-15(17-5)14-6-12(3)20-13(4)7-14/h6-7,10-11,15,17H,8-9H2,1-5H3. The zero-order chi connectivity index (χ0) is 15.4. The topological polar surface area (TPSA) is 55.6 Å². The van der Waals surface area contributed by atoms with Gasteiger partial charge < -0.3 is 5.32 Å². The Bertz CT molecular complexity index is 568. The van der Waals surface area contributed by atoms with Crippen LogP contribution < -0.4 is 5.32 Å². The molecule has 21 heavy (non-hydrogen) atoms. The molecule has 2 aromatic rings. The Labute approximate surface area is 126 Å². The van der Waals surface area contributed by atoms with E-state index in [0.29, 0.717) is 5.92 Å². The normalized spacial score (nSPS) is 12.9. The van der Waals surface area contributed by atoms with Gasteiger partial charge in [0.15, 0.2) is 0 Å². The molecule has 0 saturated carbocycles. The predicted octanol–water partition coefficient (Wildman–Crippen LogP) is 2.45. The molecule has 0 fully saturated rings. The van der Waals surface area contributed by atoms with E-state index in [1.807, 2.05) is 25.6 Å². The summed E-state index contributed by atoms with van der Waals surface area (Å²) in [5.74, 6) is 1.58. The lowest BCUT2D eigenvalue weighted by Crippen LogP contribution is -2.22. The van der Waals surface area contributed by atoms with Gasteiger partial charge in [-0.15, -0.1) is 0 Å². The van der Waals surface area contributed by atoms with Gasteiger partial charge in [0, 0.05) is 30.4 Å². The highest BCUT2D eigenvalue weighted by molar-refractivity contribution is 5.24. The van der Waals surface area contributed by atoms with Crippen molar-refractivity contribution < 1.29 is 0 Å². The molecule has 0 bridgehead atoms. The van der Waals surface area contributed by atoms with E-state index in [2.05, 4.69) is 46.4 Å². The van der Waals surface area contributed by atoms with E-state index >= 15 is 0 Å². The van der Waals surface area contributed by atoms with Crippen LogP contribution in [0.4, 0.5) is 0 Å². The lowest BCUT2D eigenvalue weighted by atomic mass is 10.0. The summed E-state index contributed by atoms with van der Waals surface area (Å²) in [7, 11) is 1.99. The molecular weight excluding hydrogens is 262 g/mol.